The van der Waals surface area contributed by atoms with Crippen LogP contribution in [-0.2, 0) is 9.53 Å². The van der Waals surface area contributed by atoms with Gasteiger partial charge < -0.3 is 4.74 Å². The number of halogens is 3. The fourth-order valence-electron chi connectivity index (χ4n) is 3.60. The molecule has 0 aromatic heterocycles. The molecule has 0 spiro atoms. The lowest BCUT2D eigenvalue weighted by molar-refractivity contribution is -0.156. The molecule has 0 amide bonds. The summed E-state index contributed by atoms with van der Waals surface area (Å²) < 4.78 is 32.4. The second kappa shape index (κ2) is 8.62. The first-order chi connectivity index (χ1) is 11.0. The molecule has 0 N–H and O–H groups in total. The quantitative estimate of drug-likeness (QED) is 0.641. The molecule has 0 heterocycles. The molecule has 0 bridgehead atoms. The van der Waals surface area contributed by atoms with E-state index in [0.717, 1.165) is 37.7 Å². The minimum atomic E-state index is -2.74. The lowest BCUT2D eigenvalue weighted by Gasteiger charge is -2.35. The fourth-order valence-corrected chi connectivity index (χ4v) is 3.72. The Balaban J connectivity index is 2.36. The van der Waals surface area contributed by atoms with E-state index in [1.807, 2.05) is 0 Å². The summed E-state index contributed by atoms with van der Waals surface area (Å²) in [6.45, 7) is 1.75. The van der Waals surface area contributed by atoms with Gasteiger partial charge in [-0.25, -0.2) is 8.78 Å². The summed E-state index contributed by atoms with van der Waals surface area (Å²) in [6.07, 6.45) is 2.17. The van der Waals surface area contributed by atoms with Crippen LogP contribution in [0, 0.1) is 11.8 Å². The summed E-state index contributed by atoms with van der Waals surface area (Å²) in [5.74, 6) is -2.66. The van der Waals surface area contributed by atoms with Crippen molar-refractivity contribution in [3.8, 4) is 0 Å². The first kappa shape index (κ1) is 18.2. The molecule has 1 fully saturated rings. The summed E-state index contributed by atoms with van der Waals surface area (Å²) in [5, 5.41) is 0.556. The molecule has 1 aromatic carbocycles. The van der Waals surface area contributed by atoms with Crippen molar-refractivity contribution in [1.29, 1.82) is 0 Å². The van der Waals surface area contributed by atoms with Gasteiger partial charge in [-0.1, -0.05) is 43.0 Å². The zero-order valence-electron chi connectivity index (χ0n) is 13.3. The Labute approximate surface area is 141 Å². The van der Waals surface area contributed by atoms with Gasteiger partial charge in [0.2, 0.25) is 0 Å². The molecule has 0 radical (unpaired) electrons. The summed E-state index contributed by atoms with van der Waals surface area (Å²) in [7, 11) is 0. The molecule has 23 heavy (non-hydrogen) atoms. The van der Waals surface area contributed by atoms with Crippen LogP contribution in [0.3, 0.4) is 0 Å². The Morgan fingerprint density at radius 2 is 1.83 bits per heavy atom. The van der Waals surface area contributed by atoms with Crippen molar-refractivity contribution < 1.29 is 18.3 Å². The van der Waals surface area contributed by atoms with Crippen molar-refractivity contribution in [2.45, 2.75) is 51.4 Å². The minimum absolute atomic E-state index is 0.0772. The van der Waals surface area contributed by atoms with E-state index in [4.69, 9.17) is 16.3 Å². The van der Waals surface area contributed by atoms with Crippen LogP contribution in [0.4, 0.5) is 8.78 Å². The predicted octanol–water partition coefficient (Wildman–Crippen LogP) is 5.45. The average Bonchev–Trinajstić information content (AvgIpc) is 2.54. The number of rotatable bonds is 6. The standard InChI is InChI=1S/C18H23ClF2O2/c1-2-23-18(22)16(17(20)21)15(12-6-4-3-5-7-12)13-8-10-14(19)11-9-13/h8-12,15-17H,2-7H2,1H3. The van der Waals surface area contributed by atoms with E-state index in [0.29, 0.717) is 5.02 Å². The van der Waals surface area contributed by atoms with E-state index in [-0.39, 0.29) is 12.5 Å². The summed E-state index contributed by atoms with van der Waals surface area (Å²) in [5.41, 5.74) is 0.750. The average molecular weight is 345 g/mol. The van der Waals surface area contributed by atoms with Crippen molar-refractivity contribution in [3.63, 3.8) is 0 Å². The Morgan fingerprint density at radius 1 is 1.22 bits per heavy atom. The first-order valence-corrected chi connectivity index (χ1v) is 8.62. The van der Waals surface area contributed by atoms with Crippen molar-refractivity contribution in [2.24, 2.45) is 11.8 Å². The van der Waals surface area contributed by atoms with E-state index in [2.05, 4.69) is 0 Å². The van der Waals surface area contributed by atoms with Crippen LogP contribution in [0.1, 0.15) is 50.5 Å². The van der Waals surface area contributed by atoms with E-state index in [1.165, 1.54) is 0 Å². The molecule has 2 nitrogen and oxygen atoms in total. The Kier molecular flexibility index (Phi) is 6.82. The maximum Gasteiger partial charge on any atom is 0.315 e. The number of ether oxygens (including phenoxy) is 1. The number of hydrogen-bond acceptors (Lipinski definition) is 2. The van der Waals surface area contributed by atoms with Gasteiger partial charge in [-0.15, -0.1) is 0 Å². The van der Waals surface area contributed by atoms with Crippen molar-refractivity contribution in [3.05, 3.63) is 34.9 Å². The normalized spacial score (nSPS) is 18.7. The van der Waals surface area contributed by atoms with Gasteiger partial charge in [-0.05, 0) is 43.4 Å². The molecule has 2 unspecified atom stereocenters. The lowest BCUT2D eigenvalue weighted by Crippen LogP contribution is -2.35. The number of hydrogen-bond donors (Lipinski definition) is 0. The summed E-state index contributed by atoms with van der Waals surface area (Å²) in [4.78, 5) is 12.2. The summed E-state index contributed by atoms with van der Waals surface area (Å²) in [6, 6.07) is 6.91. The molecule has 5 heteroatoms. The fraction of sp³-hybridized carbons (Fsp3) is 0.611. The molecule has 0 aliphatic heterocycles. The molecule has 1 saturated carbocycles. The molecular formula is C18H23ClF2O2. The molecule has 1 aromatic rings. The van der Waals surface area contributed by atoms with Gasteiger partial charge in [0, 0.05) is 10.9 Å². The maximum absolute atomic E-state index is 13.7. The largest absolute Gasteiger partial charge is 0.466 e. The SMILES string of the molecule is CCOC(=O)C(C(F)F)C(c1ccc(Cl)cc1)C1CCCCC1. The Morgan fingerprint density at radius 3 is 2.35 bits per heavy atom. The van der Waals surface area contributed by atoms with Crippen LogP contribution in [0.2, 0.25) is 5.02 Å². The molecule has 2 atom stereocenters. The predicted molar refractivity (Wildman–Crippen MR) is 86.9 cm³/mol. The molecule has 128 valence electrons. The Bertz CT molecular complexity index is 498. The molecular weight excluding hydrogens is 322 g/mol. The van der Waals surface area contributed by atoms with Gasteiger partial charge in [0.15, 0.2) is 0 Å². The number of alkyl halides is 2. The third-order valence-corrected chi connectivity index (χ3v) is 4.88. The topological polar surface area (TPSA) is 26.3 Å². The second-order valence-corrected chi connectivity index (χ2v) is 6.52. The van der Waals surface area contributed by atoms with Crippen molar-refractivity contribution in [2.75, 3.05) is 6.61 Å². The van der Waals surface area contributed by atoms with Crippen LogP contribution in [0.15, 0.2) is 24.3 Å². The monoisotopic (exact) mass is 344 g/mol. The highest BCUT2D eigenvalue weighted by molar-refractivity contribution is 6.30. The third kappa shape index (κ3) is 4.66. The zero-order valence-corrected chi connectivity index (χ0v) is 14.1. The number of benzene rings is 1. The van der Waals surface area contributed by atoms with E-state index < -0.39 is 24.2 Å². The lowest BCUT2D eigenvalue weighted by atomic mass is 9.71. The number of carbonyl (C=O) groups excluding carboxylic acids is 1. The molecule has 1 aliphatic carbocycles. The minimum Gasteiger partial charge on any atom is -0.466 e. The Hall–Kier alpha value is -1.16. The van der Waals surface area contributed by atoms with Gasteiger partial charge in [-0.3, -0.25) is 4.79 Å². The van der Waals surface area contributed by atoms with Gasteiger partial charge in [0.25, 0.3) is 6.43 Å². The highest BCUT2D eigenvalue weighted by Gasteiger charge is 2.42. The van der Waals surface area contributed by atoms with Gasteiger partial charge in [0.05, 0.1) is 6.61 Å². The van der Waals surface area contributed by atoms with E-state index in [9.17, 15) is 13.6 Å². The highest BCUT2D eigenvalue weighted by atomic mass is 35.5. The van der Waals surface area contributed by atoms with Crippen molar-refractivity contribution >= 4 is 17.6 Å². The third-order valence-electron chi connectivity index (χ3n) is 4.63. The van der Waals surface area contributed by atoms with Crippen LogP contribution in [0.25, 0.3) is 0 Å². The zero-order chi connectivity index (χ0) is 16.8. The van der Waals surface area contributed by atoms with Crippen LogP contribution in [0.5, 0.6) is 0 Å². The van der Waals surface area contributed by atoms with E-state index >= 15 is 0 Å². The smallest absolute Gasteiger partial charge is 0.315 e. The number of esters is 1. The van der Waals surface area contributed by atoms with Gasteiger partial charge >= 0.3 is 5.97 Å². The summed E-state index contributed by atoms with van der Waals surface area (Å²) >= 11 is 5.92. The maximum atomic E-state index is 13.7. The van der Waals surface area contributed by atoms with Crippen LogP contribution >= 0.6 is 11.6 Å². The highest BCUT2D eigenvalue weighted by Crippen LogP contribution is 2.43. The molecule has 0 saturated heterocycles. The molecule has 1 aliphatic rings. The van der Waals surface area contributed by atoms with Gasteiger partial charge in [-0.2, -0.15) is 0 Å². The van der Waals surface area contributed by atoms with Gasteiger partial charge in [0.1, 0.15) is 5.92 Å². The second-order valence-electron chi connectivity index (χ2n) is 6.09. The van der Waals surface area contributed by atoms with Crippen LogP contribution < -0.4 is 0 Å². The number of carbonyl (C=O) groups is 1. The van der Waals surface area contributed by atoms with E-state index in [1.54, 1.807) is 31.2 Å². The first-order valence-electron chi connectivity index (χ1n) is 8.24. The van der Waals surface area contributed by atoms with Crippen LogP contribution in [-0.4, -0.2) is 19.0 Å². The van der Waals surface area contributed by atoms with Crippen molar-refractivity contribution in [1.82, 2.24) is 0 Å². The molecule has 2 rings (SSSR count).